The second-order valence-electron chi connectivity index (χ2n) is 3.57. The first kappa shape index (κ1) is 12.3. The number of rotatable bonds is 5. The average molecular weight is 222 g/mol. The van der Waals surface area contributed by atoms with Gasteiger partial charge in [0.15, 0.2) is 0 Å². The molecular formula is C11H14N2O3. The maximum Gasteiger partial charge on any atom is 0.149 e. The smallest absolute Gasteiger partial charge is 0.149 e. The summed E-state index contributed by atoms with van der Waals surface area (Å²) in [6, 6.07) is 4.26. The molecule has 5 heteroatoms. The number of likely N-dealkylation sites (N-methyl/N-ethyl adjacent to an activating group) is 1. The summed E-state index contributed by atoms with van der Waals surface area (Å²) in [6.45, 7) is 1.50. The van der Waals surface area contributed by atoms with Crippen molar-refractivity contribution in [1.29, 1.82) is 0 Å². The molecular weight excluding hydrogens is 208 g/mol. The molecule has 0 amide bonds. The molecule has 0 heterocycles. The van der Waals surface area contributed by atoms with E-state index in [4.69, 9.17) is 0 Å². The van der Waals surface area contributed by atoms with Gasteiger partial charge in [-0.2, -0.15) is 0 Å². The number of nitrogens with one attached hydrogen (secondary N) is 1. The van der Waals surface area contributed by atoms with E-state index in [0.717, 1.165) is 5.56 Å². The number of phenolic OH excluding ortho intramolecular Hbond substituents is 1. The maximum atomic E-state index is 11.2. The van der Waals surface area contributed by atoms with Crippen LogP contribution in [0.4, 0.5) is 5.69 Å². The molecule has 0 aliphatic rings. The van der Waals surface area contributed by atoms with Gasteiger partial charge < -0.3 is 10.4 Å². The van der Waals surface area contributed by atoms with Crippen LogP contribution in [0.15, 0.2) is 23.4 Å². The van der Waals surface area contributed by atoms with Gasteiger partial charge in [0.1, 0.15) is 17.2 Å². The Morgan fingerprint density at radius 1 is 1.56 bits per heavy atom. The summed E-state index contributed by atoms with van der Waals surface area (Å²) >= 11 is 0. The molecule has 0 saturated carbocycles. The van der Waals surface area contributed by atoms with Crippen LogP contribution in [0.2, 0.25) is 0 Å². The Labute approximate surface area is 93.5 Å². The molecule has 16 heavy (non-hydrogen) atoms. The van der Waals surface area contributed by atoms with Gasteiger partial charge in [0.25, 0.3) is 0 Å². The molecule has 1 rings (SSSR count). The van der Waals surface area contributed by atoms with Crippen molar-refractivity contribution in [3.05, 3.63) is 28.7 Å². The van der Waals surface area contributed by atoms with Crippen LogP contribution in [0, 0.1) is 4.91 Å². The topological polar surface area (TPSA) is 78.8 Å². The number of phenols is 1. The van der Waals surface area contributed by atoms with Gasteiger partial charge in [-0.1, -0.05) is 6.07 Å². The van der Waals surface area contributed by atoms with Crippen molar-refractivity contribution in [2.45, 2.75) is 19.4 Å². The number of aromatic hydroxyl groups is 1. The van der Waals surface area contributed by atoms with Gasteiger partial charge in [0.2, 0.25) is 0 Å². The number of ketones is 1. The molecule has 0 fully saturated rings. The second-order valence-corrected chi connectivity index (χ2v) is 3.57. The highest BCUT2D eigenvalue weighted by Crippen LogP contribution is 2.27. The van der Waals surface area contributed by atoms with E-state index < -0.39 is 0 Å². The number of carbonyl (C=O) groups excluding carboxylic acids is 1. The Morgan fingerprint density at radius 2 is 2.25 bits per heavy atom. The molecule has 0 bridgehead atoms. The molecule has 0 radical (unpaired) electrons. The van der Waals surface area contributed by atoms with Crippen LogP contribution < -0.4 is 5.32 Å². The number of benzene rings is 1. The lowest BCUT2D eigenvalue weighted by Gasteiger charge is -2.12. The van der Waals surface area contributed by atoms with E-state index in [2.05, 4.69) is 10.5 Å². The van der Waals surface area contributed by atoms with Crippen LogP contribution in [-0.4, -0.2) is 24.0 Å². The van der Waals surface area contributed by atoms with Crippen molar-refractivity contribution >= 4 is 11.5 Å². The van der Waals surface area contributed by atoms with Crippen molar-refractivity contribution in [2.24, 2.45) is 5.18 Å². The Morgan fingerprint density at radius 3 is 2.75 bits per heavy atom. The zero-order chi connectivity index (χ0) is 12.1. The minimum absolute atomic E-state index is 0.00379. The fourth-order valence-electron chi connectivity index (χ4n) is 1.45. The van der Waals surface area contributed by atoms with Crippen molar-refractivity contribution < 1.29 is 9.90 Å². The highest BCUT2D eigenvalue weighted by Gasteiger charge is 2.13. The van der Waals surface area contributed by atoms with Gasteiger partial charge in [-0.3, -0.25) is 4.79 Å². The second kappa shape index (κ2) is 5.37. The lowest BCUT2D eigenvalue weighted by molar-refractivity contribution is -0.118. The zero-order valence-corrected chi connectivity index (χ0v) is 9.23. The number of nitroso groups, excluding NO2 is 1. The van der Waals surface area contributed by atoms with E-state index in [9.17, 15) is 14.8 Å². The van der Waals surface area contributed by atoms with Crippen molar-refractivity contribution in [3.63, 3.8) is 0 Å². The molecule has 0 aromatic heterocycles. The first-order valence-electron chi connectivity index (χ1n) is 4.91. The van der Waals surface area contributed by atoms with Gasteiger partial charge in [0, 0.05) is 0 Å². The van der Waals surface area contributed by atoms with Crippen LogP contribution >= 0.6 is 0 Å². The molecule has 1 aromatic rings. The first-order chi connectivity index (χ1) is 7.58. The summed E-state index contributed by atoms with van der Waals surface area (Å²) in [5.41, 5.74) is 0.776. The predicted molar refractivity (Wildman–Crippen MR) is 60.8 cm³/mol. The van der Waals surface area contributed by atoms with Gasteiger partial charge in [-0.05, 0) is 43.3 Å². The SMILES string of the molecule is CNC(Cc1ccc(O)c(N=O)c1)C(C)=O. The summed E-state index contributed by atoms with van der Waals surface area (Å²) in [6.07, 6.45) is 0.467. The maximum absolute atomic E-state index is 11.2. The molecule has 1 aromatic carbocycles. The van der Waals surface area contributed by atoms with Crippen LogP contribution in [-0.2, 0) is 11.2 Å². The first-order valence-corrected chi connectivity index (χ1v) is 4.91. The molecule has 1 unspecified atom stereocenters. The average Bonchev–Trinajstić information content (AvgIpc) is 2.27. The Hall–Kier alpha value is -1.75. The normalized spacial score (nSPS) is 12.1. The van der Waals surface area contributed by atoms with E-state index in [1.54, 1.807) is 13.1 Å². The Kier molecular flexibility index (Phi) is 4.13. The Balaban J connectivity index is 2.89. The number of hydrogen-bond acceptors (Lipinski definition) is 5. The van der Waals surface area contributed by atoms with E-state index in [1.807, 2.05) is 0 Å². The third-order valence-electron chi connectivity index (χ3n) is 2.42. The molecule has 1 atom stereocenters. The zero-order valence-electron chi connectivity index (χ0n) is 9.23. The van der Waals surface area contributed by atoms with Crippen LogP contribution in [0.1, 0.15) is 12.5 Å². The fourth-order valence-corrected chi connectivity index (χ4v) is 1.45. The van der Waals surface area contributed by atoms with Crippen molar-refractivity contribution in [2.75, 3.05) is 7.05 Å². The lowest BCUT2D eigenvalue weighted by atomic mass is 10.0. The third kappa shape index (κ3) is 2.87. The van der Waals surface area contributed by atoms with Crippen molar-refractivity contribution in [3.8, 4) is 5.75 Å². The standard InChI is InChI=1S/C11H14N2O3/c1-7(14)9(12-2)5-8-3-4-11(15)10(6-8)13-16/h3-4,6,9,12,15H,5H2,1-2H3. The number of hydrogen-bond donors (Lipinski definition) is 2. The minimum atomic E-state index is -0.288. The molecule has 0 spiro atoms. The largest absolute Gasteiger partial charge is 0.506 e. The summed E-state index contributed by atoms with van der Waals surface area (Å²) in [4.78, 5) is 21.6. The quantitative estimate of drug-likeness (QED) is 0.740. The van der Waals surface area contributed by atoms with E-state index in [0.29, 0.717) is 6.42 Å². The third-order valence-corrected chi connectivity index (χ3v) is 2.42. The van der Waals surface area contributed by atoms with Gasteiger partial charge in [0.05, 0.1) is 6.04 Å². The summed E-state index contributed by atoms with van der Waals surface area (Å²) in [5, 5.41) is 14.8. The molecule has 0 aliphatic carbocycles. The van der Waals surface area contributed by atoms with E-state index in [-0.39, 0.29) is 23.3 Å². The molecule has 5 nitrogen and oxygen atoms in total. The Bertz CT molecular complexity index is 404. The van der Waals surface area contributed by atoms with Crippen LogP contribution in [0.5, 0.6) is 5.75 Å². The van der Waals surface area contributed by atoms with Gasteiger partial charge in [-0.15, -0.1) is 4.91 Å². The summed E-state index contributed by atoms with van der Waals surface area (Å²) in [5.74, 6) is -0.126. The van der Waals surface area contributed by atoms with Gasteiger partial charge >= 0.3 is 0 Å². The molecule has 86 valence electrons. The van der Waals surface area contributed by atoms with Crippen LogP contribution in [0.25, 0.3) is 0 Å². The van der Waals surface area contributed by atoms with Gasteiger partial charge in [-0.25, -0.2) is 0 Å². The molecule has 0 aliphatic heterocycles. The minimum Gasteiger partial charge on any atom is -0.506 e. The number of carbonyl (C=O) groups is 1. The monoisotopic (exact) mass is 222 g/mol. The highest BCUT2D eigenvalue weighted by atomic mass is 16.3. The van der Waals surface area contributed by atoms with E-state index >= 15 is 0 Å². The highest BCUT2D eigenvalue weighted by molar-refractivity contribution is 5.81. The number of Topliss-reactive ketones (excluding diaryl/α,β-unsaturated/α-hetero) is 1. The molecule has 0 saturated heterocycles. The van der Waals surface area contributed by atoms with Crippen LogP contribution in [0.3, 0.4) is 0 Å². The predicted octanol–water partition coefficient (Wildman–Crippen LogP) is 1.51. The molecule has 2 N–H and O–H groups in total. The summed E-state index contributed by atoms with van der Waals surface area (Å²) < 4.78 is 0. The summed E-state index contributed by atoms with van der Waals surface area (Å²) in [7, 11) is 1.70. The fraction of sp³-hybridized carbons (Fsp3) is 0.364. The van der Waals surface area contributed by atoms with Crippen molar-refractivity contribution in [1.82, 2.24) is 5.32 Å². The lowest BCUT2D eigenvalue weighted by Crippen LogP contribution is -2.34. The number of nitrogens with zero attached hydrogens (tertiary/aromatic N) is 1. The van der Waals surface area contributed by atoms with E-state index in [1.165, 1.54) is 19.1 Å².